The number of ether oxygens (including phenoxy) is 3. The van der Waals surface area contributed by atoms with Crippen LogP contribution in [0.2, 0.25) is 0 Å². The fourth-order valence-corrected chi connectivity index (χ4v) is 8.51. The third-order valence-corrected chi connectivity index (χ3v) is 11.3. The first-order valence-electron chi connectivity index (χ1n) is 21.8. The van der Waals surface area contributed by atoms with Crippen LogP contribution in [0.25, 0.3) is 9.69 Å². The first kappa shape index (κ1) is 54.4. The van der Waals surface area contributed by atoms with E-state index in [0.717, 1.165) is 0 Å². The third kappa shape index (κ3) is 15.9. The van der Waals surface area contributed by atoms with Gasteiger partial charge in [0.25, 0.3) is 11.4 Å². The third-order valence-electron chi connectivity index (χ3n) is 11.3. The molecule has 0 aromatic heterocycles. The van der Waals surface area contributed by atoms with Crippen LogP contribution in [-0.4, -0.2) is 117 Å². The lowest BCUT2D eigenvalue weighted by atomic mass is 9.72. The van der Waals surface area contributed by atoms with Crippen LogP contribution in [0.15, 0.2) is 67.5 Å². The van der Waals surface area contributed by atoms with Gasteiger partial charge in [0.2, 0.25) is 0 Å². The van der Waals surface area contributed by atoms with Crippen molar-refractivity contribution in [2.45, 2.75) is 80.1 Å². The van der Waals surface area contributed by atoms with E-state index in [1.807, 2.05) is 65.8 Å². The Balaban J connectivity index is 1.65. The summed E-state index contributed by atoms with van der Waals surface area (Å²) in [5.74, 6) is -3.66. The molecule has 0 radical (unpaired) electrons. The van der Waals surface area contributed by atoms with Gasteiger partial charge < -0.3 is 45.5 Å². The summed E-state index contributed by atoms with van der Waals surface area (Å²) in [6, 6.07) is 7.32. The van der Waals surface area contributed by atoms with E-state index in [1.54, 1.807) is 0 Å². The van der Waals surface area contributed by atoms with Gasteiger partial charge in [-0.15, -0.1) is 0 Å². The Morgan fingerprint density at radius 1 is 0.537 bits per heavy atom. The van der Waals surface area contributed by atoms with Crippen molar-refractivity contribution < 1.29 is 43.9 Å². The largest absolute Gasteiger partial charge is 0.478 e. The lowest BCUT2D eigenvalue weighted by Gasteiger charge is -2.34. The molecule has 0 saturated carbocycles. The number of aliphatic carboxylic acids is 3. The van der Waals surface area contributed by atoms with Crippen molar-refractivity contribution in [2.75, 3.05) is 78.9 Å². The maximum Gasteiger partial charge on any atom is 0.337 e. The number of carboxylic acid groups (broad SMARTS) is 3. The molecule has 0 unspecified atom stereocenters. The van der Waals surface area contributed by atoms with E-state index in [0.29, 0.717) is 75.8 Å². The van der Waals surface area contributed by atoms with Gasteiger partial charge in [0.05, 0.1) is 81.6 Å². The van der Waals surface area contributed by atoms with Crippen molar-refractivity contribution in [1.82, 2.24) is 20.9 Å². The number of carbonyl (C=O) groups is 3. The van der Waals surface area contributed by atoms with Gasteiger partial charge in [-0.1, -0.05) is 41.5 Å². The minimum atomic E-state index is -1.22. The molecule has 3 aliphatic carbocycles. The molecular weight excluding hydrogens is 861 g/mol. The molecule has 0 bridgehead atoms. The van der Waals surface area contributed by atoms with Gasteiger partial charge in [-0.2, -0.15) is 10.5 Å². The topological polar surface area (TPSA) is 283 Å². The number of allylic oxidation sites excluding steroid dienone is 6. The molecule has 0 aliphatic heterocycles. The van der Waals surface area contributed by atoms with Crippen LogP contribution in [-0.2, 0) is 28.6 Å². The lowest BCUT2D eigenvalue weighted by Crippen LogP contribution is -2.36. The van der Waals surface area contributed by atoms with E-state index < -0.39 is 23.3 Å². The normalized spacial score (nSPS) is 18.9. The van der Waals surface area contributed by atoms with E-state index in [-0.39, 0.29) is 120 Å². The summed E-state index contributed by atoms with van der Waals surface area (Å²) in [6.45, 7) is 30.2. The summed E-state index contributed by atoms with van der Waals surface area (Å²) in [6.07, 6.45) is 2.04. The molecule has 0 spiro atoms. The molecule has 19 heteroatoms. The zero-order valence-corrected chi connectivity index (χ0v) is 39.1. The molecule has 0 aromatic carbocycles. The molecule has 3 aliphatic rings. The monoisotopic (exact) mass is 920 g/mol. The van der Waals surface area contributed by atoms with E-state index in [9.17, 15) is 50.8 Å². The zero-order valence-electron chi connectivity index (χ0n) is 39.1. The summed E-state index contributed by atoms with van der Waals surface area (Å²) < 4.78 is 17.8. The van der Waals surface area contributed by atoms with Crippen LogP contribution in [0.5, 0.6) is 0 Å². The highest BCUT2D eigenvalue weighted by molar-refractivity contribution is 5.95. The molecule has 0 fully saturated rings. The second kappa shape index (κ2) is 25.1. The second-order valence-electron chi connectivity index (χ2n) is 18.7. The van der Waals surface area contributed by atoms with Crippen molar-refractivity contribution in [3.8, 4) is 24.3 Å². The number of rotatable bonds is 24. The number of nitriles is 4. The van der Waals surface area contributed by atoms with E-state index in [2.05, 4.69) is 30.5 Å². The Hall–Kier alpha value is -6.97. The van der Waals surface area contributed by atoms with Crippen LogP contribution < -0.4 is 16.0 Å². The molecule has 0 amide bonds. The second-order valence-corrected chi connectivity index (χ2v) is 18.7. The Labute approximate surface area is 392 Å². The van der Waals surface area contributed by atoms with Crippen LogP contribution >= 0.6 is 0 Å². The fraction of sp³-hybridized carbons (Fsp3) is 0.562. The van der Waals surface area contributed by atoms with Gasteiger partial charge in [0, 0.05) is 56.4 Å². The quantitative estimate of drug-likeness (QED) is 0.0406. The van der Waals surface area contributed by atoms with Gasteiger partial charge in [0.15, 0.2) is 0 Å². The number of hydrogen-bond donors (Lipinski definition) is 6. The summed E-state index contributed by atoms with van der Waals surface area (Å²) in [5, 5.41) is 77.7. The average Bonchev–Trinajstić information content (AvgIpc) is 3.23. The van der Waals surface area contributed by atoms with Gasteiger partial charge >= 0.3 is 17.9 Å². The summed E-state index contributed by atoms with van der Waals surface area (Å²) in [5.41, 5.74) is -0.145. The predicted molar refractivity (Wildman–Crippen MR) is 243 cm³/mol. The maximum absolute atomic E-state index is 12.3. The van der Waals surface area contributed by atoms with Gasteiger partial charge in [-0.25, -0.2) is 34.6 Å². The van der Waals surface area contributed by atoms with Crippen molar-refractivity contribution in [1.29, 1.82) is 21.0 Å². The summed E-state index contributed by atoms with van der Waals surface area (Å²) in [7, 11) is 0. The Morgan fingerprint density at radius 3 is 1.10 bits per heavy atom. The predicted octanol–water partition coefficient (Wildman–Crippen LogP) is 5.32. The molecule has 67 heavy (non-hydrogen) atoms. The highest BCUT2D eigenvalue weighted by atomic mass is 16.5. The van der Waals surface area contributed by atoms with Crippen molar-refractivity contribution in [3.05, 3.63) is 90.3 Å². The van der Waals surface area contributed by atoms with Crippen molar-refractivity contribution in [3.63, 3.8) is 0 Å². The first-order valence-corrected chi connectivity index (χ1v) is 21.8. The van der Waals surface area contributed by atoms with Gasteiger partial charge in [0.1, 0.15) is 17.7 Å². The minimum Gasteiger partial charge on any atom is -0.478 e. The maximum atomic E-state index is 12.3. The molecule has 356 valence electrons. The highest BCUT2D eigenvalue weighted by Gasteiger charge is 2.38. The summed E-state index contributed by atoms with van der Waals surface area (Å²) >= 11 is 0. The van der Waals surface area contributed by atoms with Gasteiger partial charge in [-0.05, 0) is 71.5 Å². The lowest BCUT2D eigenvalue weighted by molar-refractivity contribution is -0.133. The molecule has 19 nitrogen and oxygen atoms in total. The SMILES string of the molecule is [C-]#[N+]/C(C#N)=C1/CC(C)(C)CC(NCCOCCN(CCOCCNC2=C(C(=O)O)C(=C(C#N)C#N)CC(C)(C)C2)CCOCCNC2=C(C(=O)O)/C(=C(/C#N)[N+]#[C-])CC(C)(C)C2)=C1C(=O)O. The van der Waals surface area contributed by atoms with Crippen LogP contribution in [0.4, 0.5) is 0 Å². The number of nitrogens with zero attached hydrogens (tertiary/aromatic N) is 7. The molecule has 0 aromatic rings. The number of nitrogens with one attached hydrogen (secondary N) is 3. The standard InChI is InChI=1S/C48H60N10O9/c1-46(2)21-32(31(27-49)28-50)40(43(59)60)35(24-46)55-9-15-65-18-12-58(13-19-66-16-10-56-36-25-47(3,4)22-33(38(29-51)53-7)41(36)44(61)62)14-20-67-17-11-57-37-26-48(5,6)23-34(39(30-52)54-8)42(37)45(63)64/h55-57H,9-26H2,1-6H3,(H,59,60)(H,61,62)(H,63,64)/b38-33-,39-34-. The molecule has 0 heterocycles. The average molecular weight is 921 g/mol. The smallest absolute Gasteiger partial charge is 0.337 e. The van der Waals surface area contributed by atoms with Crippen LogP contribution in [0.3, 0.4) is 0 Å². The van der Waals surface area contributed by atoms with Crippen LogP contribution in [0, 0.1) is 74.7 Å². The van der Waals surface area contributed by atoms with E-state index in [1.165, 1.54) is 0 Å². The van der Waals surface area contributed by atoms with Gasteiger partial charge in [-0.3, -0.25) is 4.90 Å². The Morgan fingerprint density at radius 2 is 0.836 bits per heavy atom. The molecule has 0 saturated heterocycles. The Kier molecular flexibility index (Phi) is 20.3. The minimum absolute atomic E-state index is 0.0600. The molecular formula is C48H60N10O9. The van der Waals surface area contributed by atoms with Crippen LogP contribution in [0.1, 0.15) is 80.1 Å². The van der Waals surface area contributed by atoms with Crippen molar-refractivity contribution >= 4 is 17.9 Å². The number of carboxylic acids is 3. The zero-order chi connectivity index (χ0) is 50.0. The van der Waals surface area contributed by atoms with E-state index >= 15 is 0 Å². The summed E-state index contributed by atoms with van der Waals surface area (Å²) in [4.78, 5) is 45.5. The molecule has 6 N–H and O–H groups in total. The highest BCUT2D eigenvalue weighted by Crippen LogP contribution is 2.44. The Bertz CT molecular complexity index is 2070. The van der Waals surface area contributed by atoms with Crippen molar-refractivity contribution in [2.24, 2.45) is 16.2 Å². The first-order chi connectivity index (χ1) is 31.7. The fourth-order valence-electron chi connectivity index (χ4n) is 8.51. The number of hydrogen-bond acceptors (Lipinski definition) is 14. The van der Waals surface area contributed by atoms with E-state index in [4.69, 9.17) is 27.4 Å². The molecule has 0 atom stereocenters. The molecule has 3 rings (SSSR count).